The first kappa shape index (κ1) is 12.4. The van der Waals surface area contributed by atoms with Gasteiger partial charge in [0.05, 0.1) is 12.2 Å². The average Bonchev–Trinajstić information content (AvgIpc) is 2.76. The molecule has 2 unspecified atom stereocenters. The van der Waals surface area contributed by atoms with Crippen molar-refractivity contribution >= 4 is 0 Å². The zero-order valence-corrected chi connectivity index (χ0v) is 11.5. The molecule has 19 heavy (non-hydrogen) atoms. The normalized spacial score (nSPS) is 25.4. The van der Waals surface area contributed by atoms with E-state index in [2.05, 4.69) is 74.5 Å². The third-order valence-corrected chi connectivity index (χ3v) is 4.32. The molecule has 1 aliphatic rings. The van der Waals surface area contributed by atoms with Gasteiger partial charge in [0.2, 0.25) is 0 Å². The minimum absolute atomic E-state index is 0.0120. The van der Waals surface area contributed by atoms with Gasteiger partial charge in [0.15, 0.2) is 0 Å². The van der Waals surface area contributed by atoms with Crippen molar-refractivity contribution < 1.29 is 4.74 Å². The summed E-state index contributed by atoms with van der Waals surface area (Å²) in [5.74, 6) is 0. The van der Waals surface area contributed by atoms with E-state index in [-0.39, 0.29) is 11.5 Å². The van der Waals surface area contributed by atoms with E-state index in [1.165, 1.54) is 11.1 Å². The predicted octanol–water partition coefficient (Wildman–Crippen LogP) is 4.17. The van der Waals surface area contributed by atoms with E-state index >= 15 is 0 Å². The number of ether oxygens (including phenoxy) is 1. The molecular formula is C18H20O. The summed E-state index contributed by atoms with van der Waals surface area (Å²) in [4.78, 5) is 0. The number of rotatable bonds is 2. The van der Waals surface area contributed by atoms with Crippen LogP contribution in [0.1, 0.15) is 31.4 Å². The van der Waals surface area contributed by atoms with Crippen LogP contribution in [0.3, 0.4) is 0 Å². The van der Waals surface area contributed by atoms with Crippen molar-refractivity contribution in [3.05, 3.63) is 71.8 Å². The molecule has 0 bridgehead atoms. The van der Waals surface area contributed by atoms with Crippen molar-refractivity contribution in [1.29, 1.82) is 0 Å². The monoisotopic (exact) mass is 252 g/mol. The van der Waals surface area contributed by atoms with Crippen LogP contribution in [0.15, 0.2) is 60.7 Å². The van der Waals surface area contributed by atoms with E-state index in [4.69, 9.17) is 4.74 Å². The van der Waals surface area contributed by atoms with E-state index < -0.39 is 0 Å². The Balaban J connectivity index is 2.17. The maximum Gasteiger partial charge on any atom is 0.0688 e. The second kappa shape index (κ2) is 4.82. The average molecular weight is 252 g/mol. The zero-order chi connectivity index (χ0) is 13.3. The van der Waals surface area contributed by atoms with Crippen LogP contribution in [0.25, 0.3) is 0 Å². The molecule has 2 atom stereocenters. The van der Waals surface area contributed by atoms with Crippen LogP contribution >= 0.6 is 0 Å². The Kier molecular flexibility index (Phi) is 3.16. The minimum Gasteiger partial charge on any atom is -0.374 e. The summed E-state index contributed by atoms with van der Waals surface area (Å²) in [6, 6.07) is 21.5. The highest BCUT2D eigenvalue weighted by Crippen LogP contribution is 2.46. The third-order valence-electron chi connectivity index (χ3n) is 4.32. The molecule has 0 amide bonds. The molecule has 3 rings (SSSR count). The Morgan fingerprint density at radius 2 is 1.32 bits per heavy atom. The first-order valence-corrected chi connectivity index (χ1v) is 7.00. The van der Waals surface area contributed by atoms with Crippen molar-refractivity contribution in [3.8, 4) is 0 Å². The number of hydrogen-bond donors (Lipinski definition) is 0. The molecule has 0 saturated carbocycles. The highest BCUT2D eigenvalue weighted by molar-refractivity contribution is 5.42. The summed E-state index contributed by atoms with van der Waals surface area (Å²) in [5.41, 5.74) is 2.71. The van der Waals surface area contributed by atoms with Gasteiger partial charge in [-0.25, -0.2) is 0 Å². The van der Waals surface area contributed by atoms with Crippen molar-refractivity contribution in [2.75, 3.05) is 0 Å². The molecule has 0 spiro atoms. The Bertz CT molecular complexity index is 493. The molecule has 98 valence electrons. The number of benzene rings is 2. The van der Waals surface area contributed by atoms with Crippen LogP contribution in [-0.2, 0) is 10.2 Å². The van der Waals surface area contributed by atoms with E-state index in [1.54, 1.807) is 0 Å². The Labute approximate surface area is 115 Å². The molecular weight excluding hydrogens is 232 g/mol. The molecule has 0 N–H and O–H groups in total. The Morgan fingerprint density at radius 3 is 1.68 bits per heavy atom. The fraction of sp³-hybridized carbons (Fsp3) is 0.333. The summed E-state index contributed by atoms with van der Waals surface area (Å²) in [5, 5.41) is 0. The molecule has 1 nitrogen and oxygen atoms in total. The second-order valence-corrected chi connectivity index (χ2v) is 5.50. The minimum atomic E-state index is -0.0120. The van der Waals surface area contributed by atoms with Gasteiger partial charge in [-0.1, -0.05) is 60.7 Å². The summed E-state index contributed by atoms with van der Waals surface area (Å²) in [6.45, 7) is 4.37. The van der Waals surface area contributed by atoms with Crippen molar-refractivity contribution in [1.82, 2.24) is 0 Å². The van der Waals surface area contributed by atoms with Crippen molar-refractivity contribution in [3.63, 3.8) is 0 Å². The van der Waals surface area contributed by atoms with Gasteiger partial charge in [-0.3, -0.25) is 0 Å². The standard InChI is InChI=1S/C18H20O/c1-14-13-18(15(2)19-14,16-9-5-3-6-10-16)17-11-7-4-8-12-17/h3-12,14-15H,13H2,1-2H3. The molecule has 0 aliphatic carbocycles. The summed E-state index contributed by atoms with van der Waals surface area (Å²) >= 11 is 0. The van der Waals surface area contributed by atoms with Crippen molar-refractivity contribution in [2.45, 2.75) is 37.9 Å². The van der Waals surface area contributed by atoms with Gasteiger partial charge in [0, 0.05) is 5.41 Å². The molecule has 1 aliphatic heterocycles. The first-order valence-electron chi connectivity index (χ1n) is 7.00. The molecule has 2 aromatic rings. The Morgan fingerprint density at radius 1 is 0.842 bits per heavy atom. The molecule has 1 heteroatoms. The molecule has 1 fully saturated rings. The Hall–Kier alpha value is -1.60. The van der Waals surface area contributed by atoms with Crippen LogP contribution in [0.2, 0.25) is 0 Å². The van der Waals surface area contributed by atoms with Crippen LogP contribution in [0, 0.1) is 0 Å². The smallest absolute Gasteiger partial charge is 0.0688 e. The SMILES string of the molecule is CC1CC(c2ccccc2)(c2ccccc2)C(C)O1. The summed E-state index contributed by atoms with van der Waals surface area (Å²) < 4.78 is 6.09. The molecule has 1 saturated heterocycles. The van der Waals surface area contributed by atoms with E-state index in [0.717, 1.165) is 6.42 Å². The van der Waals surface area contributed by atoms with E-state index in [0.29, 0.717) is 6.10 Å². The molecule has 1 heterocycles. The van der Waals surface area contributed by atoms with E-state index in [1.807, 2.05) is 0 Å². The zero-order valence-electron chi connectivity index (χ0n) is 11.5. The van der Waals surface area contributed by atoms with Gasteiger partial charge in [-0.15, -0.1) is 0 Å². The maximum atomic E-state index is 6.09. The summed E-state index contributed by atoms with van der Waals surface area (Å²) in [7, 11) is 0. The molecule has 0 radical (unpaired) electrons. The van der Waals surface area contributed by atoms with Gasteiger partial charge in [-0.2, -0.15) is 0 Å². The van der Waals surface area contributed by atoms with E-state index in [9.17, 15) is 0 Å². The van der Waals surface area contributed by atoms with Gasteiger partial charge in [0.25, 0.3) is 0 Å². The lowest BCUT2D eigenvalue weighted by atomic mass is 9.69. The fourth-order valence-electron chi connectivity index (χ4n) is 3.48. The second-order valence-electron chi connectivity index (χ2n) is 5.50. The molecule has 0 aromatic heterocycles. The lowest BCUT2D eigenvalue weighted by molar-refractivity contribution is 0.0546. The topological polar surface area (TPSA) is 9.23 Å². The van der Waals surface area contributed by atoms with Crippen molar-refractivity contribution in [2.24, 2.45) is 0 Å². The van der Waals surface area contributed by atoms with Crippen LogP contribution in [0.4, 0.5) is 0 Å². The van der Waals surface area contributed by atoms with Gasteiger partial charge >= 0.3 is 0 Å². The van der Waals surface area contributed by atoms with Gasteiger partial charge in [0.1, 0.15) is 0 Å². The number of hydrogen-bond acceptors (Lipinski definition) is 1. The van der Waals surface area contributed by atoms with Crippen LogP contribution in [0.5, 0.6) is 0 Å². The summed E-state index contributed by atoms with van der Waals surface area (Å²) in [6.07, 6.45) is 1.55. The highest BCUT2D eigenvalue weighted by Gasteiger charge is 2.47. The largest absolute Gasteiger partial charge is 0.374 e. The predicted molar refractivity (Wildman–Crippen MR) is 78.3 cm³/mol. The maximum absolute atomic E-state index is 6.09. The lowest BCUT2D eigenvalue weighted by Gasteiger charge is -2.33. The highest BCUT2D eigenvalue weighted by atomic mass is 16.5. The lowest BCUT2D eigenvalue weighted by Crippen LogP contribution is -2.34. The third kappa shape index (κ3) is 1.98. The van der Waals surface area contributed by atoms with Crippen LogP contribution < -0.4 is 0 Å². The molecule has 2 aromatic carbocycles. The fourth-order valence-corrected chi connectivity index (χ4v) is 3.48. The quantitative estimate of drug-likeness (QED) is 0.779. The van der Waals surface area contributed by atoms with Crippen LogP contribution in [-0.4, -0.2) is 12.2 Å². The first-order chi connectivity index (χ1) is 9.23. The van der Waals surface area contributed by atoms with Gasteiger partial charge < -0.3 is 4.74 Å². The van der Waals surface area contributed by atoms with Gasteiger partial charge in [-0.05, 0) is 31.4 Å².